The zero-order valence-corrected chi connectivity index (χ0v) is 7.25. The van der Waals surface area contributed by atoms with Gasteiger partial charge in [-0.3, -0.25) is 0 Å². The predicted octanol–water partition coefficient (Wildman–Crippen LogP) is 1.43. The molecule has 0 radical (unpaired) electrons. The first-order valence-electron chi connectivity index (χ1n) is 4.51. The Balaban J connectivity index is 2.13. The van der Waals surface area contributed by atoms with Crippen LogP contribution in [-0.2, 0) is 4.74 Å². The second-order valence-corrected chi connectivity index (χ2v) is 3.61. The van der Waals surface area contributed by atoms with E-state index in [1.165, 1.54) is 12.8 Å². The molecule has 1 aliphatic rings. The highest BCUT2D eigenvalue weighted by atomic mass is 16.5. The lowest BCUT2D eigenvalue weighted by atomic mass is 9.92. The van der Waals surface area contributed by atoms with Crippen LogP contribution in [0.4, 0.5) is 0 Å². The van der Waals surface area contributed by atoms with Gasteiger partial charge in [-0.2, -0.15) is 0 Å². The second-order valence-electron chi connectivity index (χ2n) is 3.61. The van der Waals surface area contributed by atoms with Crippen LogP contribution in [0, 0.1) is 11.8 Å². The molecule has 0 amide bonds. The Kier molecular flexibility index (Phi) is 3.87. The van der Waals surface area contributed by atoms with E-state index in [0.29, 0.717) is 18.4 Å². The maximum Gasteiger partial charge on any atom is 0.0494 e. The van der Waals surface area contributed by atoms with Crippen LogP contribution in [-0.4, -0.2) is 24.9 Å². The molecule has 0 aliphatic carbocycles. The van der Waals surface area contributed by atoms with Crippen molar-refractivity contribution in [3.8, 4) is 0 Å². The lowest BCUT2D eigenvalue weighted by Crippen LogP contribution is -2.20. The third kappa shape index (κ3) is 3.21. The lowest BCUT2D eigenvalue weighted by molar-refractivity contribution is 0.0419. The Morgan fingerprint density at radius 2 is 2.45 bits per heavy atom. The fourth-order valence-corrected chi connectivity index (χ4v) is 1.64. The van der Waals surface area contributed by atoms with Crippen LogP contribution in [0.1, 0.15) is 26.2 Å². The topological polar surface area (TPSA) is 29.5 Å². The van der Waals surface area contributed by atoms with E-state index >= 15 is 0 Å². The van der Waals surface area contributed by atoms with Gasteiger partial charge in [0.1, 0.15) is 0 Å². The fraction of sp³-hybridized carbons (Fsp3) is 1.00. The minimum atomic E-state index is 0.316. The van der Waals surface area contributed by atoms with Crippen molar-refractivity contribution in [3.63, 3.8) is 0 Å². The molecule has 66 valence electrons. The van der Waals surface area contributed by atoms with Crippen molar-refractivity contribution in [3.05, 3.63) is 0 Å². The van der Waals surface area contributed by atoms with Crippen LogP contribution in [0.15, 0.2) is 0 Å². The number of hydrogen-bond acceptors (Lipinski definition) is 2. The normalized spacial score (nSPS) is 28.4. The van der Waals surface area contributed by atoms with Gasteiger partial charge in [-0.25, -0.2) is 0 Å². The molecule has 2 atom stereocenters. The molecule has 0 aromatic heterocycles. The number of hydrogen-bond donors (Lipinski definition) is 1. The summed E-state index contributed by atoms with van der Waals surface area (Å²) in [5.41, 5.74) is 0. The largest absolute Gasteiger partial charge is 0.396 e. The maximum atomic E-state index is 8.82. The first-order valence-corrected chi connectivity index (χ1v) is 4.51. The molecule has 2 heteroatoms. The first-order chi connectivity index (χ1) is 5.33. The number of ether oxygens (including phenoxy) is 1. The smallest absolute Gasteiger partial charge is 0.0494 e. The summed E-state index contributed by atoms with van der Waals surface area (Å²) in [6, 6.07) is 0. The van der Waals surface area contributed by atoms with Gasteiger partial charge in [0, 0.05) is 19.8 Å². The van der Waals surface area contributed by atoms with Crippen LogP contribution in [0.5, 0.6) is 0 Å². The van der Waals surface area contributed by atoms with Gasteiger partial charge in [0.25, 0.3) is 0 Å². The van der Waals surface area contributed by atoms with Crippen LogP contribution >= 0.6 is 0 Å². The summed E-state index contributed by atoms with van der Waals surface area (Å²) in [5.74, 6) is 1.15. The Morgan fingerprint density at radius 1 is 1.64 bits per heavy atom. The van der Waals surface area contributed by atoms with Crippen LogP contribution in [0.2, 0.25) is 0 Å². The number of aliphatic hydroxyl groups is 1. The number of aliphatic hydroxyl groups excluding tert-OH is 1. The minimum Gasteiger partial charge on any atom is -0.396 e. The zero-order valence-electron chi connectivity index (χ0n) is 7.25. The summed E-state index contributed by atoms with van der Waals surface area (Å²) in [6.45, 7) is 4.25. The lowest BCUT2D eigenvalue weighted by Gasteiger charge is -2.23. The van der Waals surface area contributed by atoms with E-state index < -0.39 is 0 Å². The molecule has 1 N–H and O–H groups in total. The molecule has 0 bridgehead atoms. The highest BCUT2D eigenvalue weighted by molar-refractivity contribution is 4.65. The van der Waals surface area contributed by atoms with Gasteiger partial charge >= 0.3 is 0 Å². The van der Waals surface area contributed by atoms with Gasteiger partial charge in [0.2, 0.25) is 0 Å². The fourth-order valence-electron chi connectivity index (χ4n) is 1.64. The summed E-state index contributed by atoms with van der Waals surface area (Å²) >= 11 is 0. The first kappa shape index (κ1) is 9.01. The summed E-state index contributed by atoms with van der Waals surface area (Å²) in [7, 11) is 0. The minimum absolute atomic E-state index is 0.316. The molecule has 0 aromatic rings. The maximum absolute atomic E-state index is 8.82. The van der Waals surface area contributed by atoms with E-state index in [2.05, 4.69) is 6.92 Å². The van der Waals surface area contributed by atoms with Gasteiger partial charge in [-0.15, -0.1) is 0 Å². The average Bonchev–Trinajstić information content (AvgIpc) is 2.06. The molecule has 1 aliphatic heterocycles. The third-order valence-corrected chi connectivity index (χ3v) is 2.30. The Hall–Kier alpha value is -0.0800. The average molecular weight is 158 g/mol. The molecular weight excluding hydrogens is 140 g/mol. The molecule has 0 aromatic carbocycles. The predicted molar refractivity (Wildman–Crippen MR) is 44.4 cm³/mol. The van der Waals surface area contributed by atoms with E-state index in [0.717, 1.165) is 19.6 Å². The van der Waals surface area contributed by atoms with Gasteiger partial charge < -0.3 is 9.84 Å². The van der Waals surface area contributed by atoms with Crippen molar-refractivity contribution in [1.29, 1.82) is 0 Å². The molecule has 1 heterocycles. The molecule has 2 nitrogen and oxygen atoms in total. The SMILES string of the molecule is C[C@H](CO)C[C@H]1CCCOC1. The molecular formula is C9H18O2. The standard InChI is InChI=1S/C9H18O2/c1-8(6-10)5-9-3-2-4-11-7-9/h8-10H,2-7H2,1H3/t8-,9+/m0/s1. The van der Waals surface area contributed by atoms with Gasteiger partial charge in [-0.1, -0.05) is 6.92 Å². The van der Waals surface area contributed by atoms with Gasteiger partial charge in [-0.05, 0) is 31.1 Å². The molecule has 1 fully saturated rings. The van der Waals surface area contributed by atoms with E-state index in [1.54, 1.807) is 0 Å². The Labute approximate surface area is 68.6 Å². The Morgan fingerprint density at radius 3 is 3.00 bits per heavy atom. The van der Waals surface area contributed by atoms with Crippen molar-refractivity contribution in [1.82, 2.24) is 0 Å². The van der Waals surface area contributed by atoms with Crippen molar-refractivity contribution < 1.29 is 9.84 Å². The van der Waals surface area contributed by atoms with Crippen molar-refractivity contribution in [2.75, 3.05) is 19.8 Å². The molecule has 11 heavy (non-hydrogen) atoms. The number of rotatable bonds is 3. The molecule has 0 spiro atoms. The quantitative estimate of drug-likeness (QED) is 0.673. The molecule has 0 unspecified atom stereocenters. The van der Waals surface area contributed by atoms with Gasteiger partial charge in [0.15, 0.2) is 0 Å². The molecule has 1 rings (SSSR count). The van der Waals surface area contributed by atoms with E-state index in [-0.39, 0.29) is 0 Å². The summed E-state index contributed by atoms with van der Waals surface area (Å²) in [5, 5.41) is 8.82. The van der Waals surface area contributed by atoms with Crippen molar-refractivity contribution in [2.24, 2.45) is 11.8 Å². The highest BCUT2D eigenvalue weighted by Crippen LogP contribution is 2.20. The van der Waals surface area contributed by atoms with Crippen LogP contribution < -0.4 is 0 Å². The van der Waals surface area contributed by atoms with E-state index in [9.17, 15) is 0 Å². The van der Waals surface area contributed by atoms with Gasteiger partial charge in [0.05, 0.1) is 0 Å². The van der Waals surface area contributed by atoms with E-state index in [1.807, 2.05) is 0 Å². The van der Waals surface area contributed by atoms with E-state index in [4.69, 9.17) is 9.84 Å². The monoisotopic (exact) mass is 158 g/mol. The molecule has 1 saturated heterocycles. The van der Waals surface area contributed by atoms with Crippen molar-refractivity contribution in [2.45, 2.75) is 26.2 Å². The Bertz CT molecular complexity index is 97.7. The highest BCUT2D eigenvalue weighted by Gasteiger charge is 2.15. The zero-order chi connectivity index (χ0) is 8.10. The summed E-state index contributed by atoms with van der Waals surface area (Å²) in [4.78, 5) is 0. The summed E-state index contributed by atoms with van der Waals surface area (Å²) < 4.78 is 5.35. The van der Waals surface area contributed by atoms with Crippen LogP contribution in [0.25, 0.3) is 0 Å². The second kappa shape index (κ2) is 4.73. The van der Waals surface area contributed by atoms with Crippen LogP contribution in [0.3, 0.4) is 0 Å². The summed E-state index contributed by atoms with van der Waals surface area (Å²) in [6.07, 6.45) is 3.60. The third-order valence-electron chi connectivity index (χ3n) is 2.30. The molecule has 0 saturated carbocycles. The van der Waals surface area contributed by atoms with Crippen molar-refractivity contribution >= 4 is 0 Å².